The molecule has 5 heteroatoms. The molecule has 0 atom stereocenters. The van der Waals surface area contributed by atoms with Crippen molar-refractivity contribution < 1.29 is 9.90 Å². The van der Waals surface area contributed by atoms with Crippen LogP contribution in [0.5, 0.6) is 0 Å². The molecule has 0 bridgehead atoms. The lowest BCUT2D eigenvalue weighted by molar-refractivity contribution is 0.0698. The van der Waals surface area contributed by atoms with Crippen LogP contribution < -0.4 is 5.73 Å². The number of nitrogens with two attached hydrogens (primary N) is 1. The molecule has 0 radical (unpaired) electrons. The molecule has 2 rings (SSSR count). The summed E-state index contributed by atoms with van der Waals surface area (Å²) < 4.78 is 4.05. The second kappa shape index (κ2) is 3.70. The van der Waals surface area contributed by atoms with Crippen molar-refractivity contribution in [2.45, 2.75) is 0 Å². The maximum absolute atomic E-state index is 10.9. The Morgan fingerprint density at radius 3 is 2.93 bits per heavy atom. The molecular formula is C10H8N2O2S. The summed E-state index contributed by atoms with van der Waals surface area (Å²) in [6, 6.07) is 7.02. The van der Waals surface area contributed by atoms with E-state index in [4.69, 9.17) is 10.8 Å². The van der Waals surface area contributed by atoms with Crippen molar-refractivity contribution >= 4 is 23.2 Å². The maximum Gasteiger partial charge on any atom is 0.338 e. The summed E-state index contributed by atoms with van der Waals surface area (Å²) in [4.78, 5) is 10.9. The maximum atomic E-state index is 10.9. The molecule has 0 spiro atoms. The minimum Gasteiger partial charge on any atom is -0.478 e. The van der Waals surface area contributed by atoms with Crippen molar-refractivity contribution in [1.82, 2.24) is 4.37 Å². The highest BCUT2D eigenvalue weighted by molar-refractivity contribution is 7.04. The van der Waals surface area contributed by atoms with Crippen molar-refractivity contribution in [3.8, 4) is 11.3 Å². The number of nitrogens with zero attached hydrogens (tertiary/aromatic N) is 1. The molecule has 1 aromatic heterocycles. The largest absolute Gasteiger partial charge is 0.478 e. The molecule has 15 heavy (non-hydrogen) atoms. The fourth-order valence-electron chi connectivity index (χ4n) is 1.28. The van der Waals surface area contributed by atoms with Crippen LogP contribution in [0.3, 0.4) is 0 Å². The minimum absolute atomic E-state index is 0.214. The highest BCUT2D eigenvalue weighted by Gasteiger charge is 2.14. The van der Waals surface area contributed by atoms with Gasteiger partial charge in [-0.05, 0) is 23.7 Å². The Hall–Kier alpha value is -1.88. The van der Waals surface area contributed by atoms with Gasteiger partial charge in [0.15, 0.2) is 0 Å². The Morgan fingerprint density at radius 1 is 1.47 bits per heavy atom. The SMILES string of the molecule is Nc1cccc(-c2nscc2C(=O)O)c1. The molecule has 3 N–H and O–H groups in total. The number of benzene rings is 1. The van der Waals surface area contributed by atoms with Crippen LogP contribution in [-0.4, -0.2) is 15.4 Å². The molecule has 2 aromatic rings. The number of carboxylic acid groups (broad SMARTS) is 1. The molecule has 0 fully saturated rings. The third kappa shape index (κ3) is 1.82. The normalized spacial score (nSPS) is 10.1. The predicted octanol–water partition coefficient (Wildman–Crippen LogP) is 2.09. The van der Waals surface area contributed by atoms with E-state index in [9.17, 15) is 4.79 Å². The summed E-state index contributed by atoms with van der Waals surface area (Å²) in [5.74, 6) is -0.971. The van der Waals surface area contributed by atoms with Gasteiger partial charge in [-0.2, -0.15) is 4.37 Å². The van der Waals surface area contributed by atoms with Gasteiger partial charge in [0, 0.05) is 16.6 Å². The van der Waals surface area contributed by atoms with Crippen molar-refractivity contribution in [1.29, 1.82) is 0 Å². The molecule has 0 aliphatic heterocycles. The van der Waals surface area contributed by atoms with E-state index < -0.39 is 5.97 Å². The summed E-state index contributed by atoms with van der Waals surface area (Å²) in [5.41, 5.74) is 7.63. The van der Waals surface area contributed by atoms with E-state index >= 15 is 0 Å². The number of aromatic carboxylic acids is 1. The first kappa shape index (κ1) is 9.67. The fraction of sp³-hybridized carbons (Fsp3) is 0. The summed E-state index contributed by atoms with van der Waals surface area (Å²) in [7, 11) is 0. The quantitative estimate of drug-likeness (QED) is 0.760. The Balaban J connectivity index is 2.54. The standard InChI is InChI=1S/C10H8N2O2S/c11-7-3-1-2-6(4-7)9-8(10(13)14)5-15-12-9/h1-5H,11H2,(H,13,14). The zero-order chi connectivity index (χ0) is 10.8. The van der Waals surface area contributed by atoms with E-state index in [2.05, 4.69) is 4.37 Å². The molecule has 0 aliphatic carbocycles. The van der Waals surface area contributed by atoms with Crippen molar-refractivity contribution in [3.63, 3.8) is 0 Å². The predicted molar refractivity (Wildman–Crippen MR) is 58.9 cm³/mol. The lowest BCUT2D eigenvalue weighted by Crippen LogP contribution is -1.97. The topological polar surface area (TPSA) is 76.2 Å². The van der Waals surface area contributed by atoms with E-state index in [1.54, 1.807) is 24.3 Å². The molecule has 0 amide bonds. The van der Waals surface area contributed by atoms with Gasteiger partial charge in [0.25, 0.3) is 0 Å². The van der Waals surface area contributed by atoms with Gasteiger partial charge in [-0.15, -0.1) is 0 Å². The molecule has 1 heterocycles. The first-order chi connectivity index (χ1) is 7.18. The van der Waals surface area contributed by atoms with Crippen LogP contribution in [0.25, 0.3) is 11.3 Å². The van der Waals surface area contributed by atoms with Gasteiger partial charge < -0.3 is 10.8 Å². The van der Waals surface area contributed by atoms with E-state index in [1.807, 2.05) is 0 Å². The average Bonchev–Trinajstić information content (AvgIpc) is 2.65. The van der Waals surface area contributed by atoms with E-state index in [-0.39, 0.29) is 5.56 Å². The molecule has 0 unspecified atom stereocenters. The molecular weight excluding hydrogens is 212 g/mol. The third-order valence-electron chi connectivity index (χ3n) is 1.96. The van der Waals surface area contributed by atoms with Crippen LogP contribution in [0.15, 0.2) is 29.6 Å². The van der Waals surface area contributed by atoms with E-state index in [0.29, 0.717) is 11.4 Å². The van der Waals surface area contributed by atoms with Crippen LogP contribution in [-0.2, 0) is 0 Å². The van der Waals surface area contributed by atoms with Gasteiger partial charge in [-0.3, -0.25) is 0 Å². The molecule has 1 aromatic carbocycles. The Morgan fingerprint density at radius 2 is 2.27 bits per heavy atom. The van der Waals surface area contributed by atoms with Crippen LogP contribution in [0.2, 0.25) is 0 Å². The molecule has 0 saturated carbocycles. The van der Waals surface area contributed by atoms with Gasteiger partial charge >= 0.3 is 5.97 Å². The van der Waals surface area contributed by atoms with Gasteiger partial charge in [0.05, 0.1) is 11.3 Å². The zero-order valence-electron chi connectivity index (χ0n) is 7.68. The van der Waals surface area contributed by atoms with Crippen molar-refractivity contribution in [2.24, 2.45) is 0 Å². The monoisotopic (exact) mass is 220 g/mol. The number of carbonyl (C=O) groups is 1. The lowest BCUT2D eigenvalue weighted by Gasteiger charge is -2.00. The minimum atomic E-state index is -0.971. The van der Waals surface area contributed by atoms with Crippen LogP contribution in [0, 0.1) is 0 Å². The average molecular weight is 220 g/mol. The van der Waals surface area contributed by atoms with Crippen LogP contribution in [0.4, 0.5) is 5.69 Å². The van der Waals surface area contributed by atoms with Crippen LogP contribution in [0.1, 0.15) is 10.4 Å². The molecule has 0 saturated heterocycles. The van der Waals surface area contributed by atoms with Gasteiger partial charge in [-0.25, -0.2) is 4.79 Å². The summed E-state index contributed by atoms with van der Waals surface area (Å²) in [6.07, 6.45) is 0. The summed E-state index contributed by atoms with van der Waals surface area (Å²) >= 11 is 1.12. The second-order valence-corrected chi connectivity index (χ2v) is 3.64. The Kier molecular flexibility index (Phi) is 2.39. The Bertz CT molecular complexity index is 508. The zero-order valence-corrected chi connectivity index (χ0v) is 8.49. The van der Waals surface area contributed by atoms with E-state index in [1.165, 1.54) is 5.38 Å². The van der Waals surface area contributed by atoms with Crippen LogP contribution >= 0.6 is 11.5 Å². The number of anilines is 1. The number of hydrogen-bond acceptors (Lipinski definition) is 4. The molecule has 76 valence electrons. The van der Waals surface area contributed by atoms with Gasteiger partial charge in [0.1, 0.15) is 0 Å². The first-order valence-corrected chi connectivity index (χ1v) is 5.05. The Labute approximate surface area is 90.2 Å². The van der Waals surface area contributed by atoms with Crippen molar-refractivity contribution in [3.05, 3.63) is 35.2 Å². The van der Waals surface area contributed by atoms with Gasteiger partial charge in [0.2, 0.25) is 0 Å². The molecule has 4 nitrogen and oxygen atoms in total. The second-order valence-electron chi connectivity index (χ2n) is 3.01. The third-order valence-corrected chi connectivity index (χ3v) is 2.59. The molecule has 0 aliphatic rings. The van der Waals surface area contributed by atoms with E-state index in [0.717, 1.165) is 17.1 Å². The smallest absolute Gasteiger partial charge is 0.338 e. The lowest BCUT2D eigenvalue weighted by atomic mass is 10.1. The number of rotatable bonds is 2. The summed E-state index contributed by atoms with van der Waals surface area (Å²) in [5, 5.41) is 10.4. The number of aromatic nitrogens is 1. The first-order valence-electron chi connectivity index (χ1n) is 4.22. The number of nitrogen functional groups attached to an aromatic ring is 1. The summed E-state index contributed by atoms with van der Waals surface area (Å²) in [6.45, 7) is 0. The van der Waals surface area contributed by atoms with Gasteiger partial charge in [-0.1, -0.05) is 12.1 Å². The highest BCUT2D eigenvalue weighted by atomic mass is 32.1. The van der Waals surface area contributed by atoms with Crippen molar-refractivity contribution in [2.75, 3.05) is 5.73 Å². The number of carboxylic acids is 1. The highest BCUT2D eigenvalue weighted by Crippen LogP contribution is 2.25. The number of hydrogen-bond donors (Lipinski definition) is 2. The fourth-order valence-corrected chi connectivity index (χ4v) is 1.96.